The second-order valence-electron chi connectivity index (χ2n) is 7.08. The quantitative estimate of drug-likeness (QED) is 0.605. The number of benzene rings is 1. The molecule has 1 aliphatic heterocycles. The molecule has 0 aliphatic carbocycles. The molecular formula is C20H21ClN4O3S2. The fourth-order valence-electron chi connectivity index (χ4n) is 3.36. The first-order chi connectivity index (χ1) is 14.3. The number of amides is 1. The van der Waals surface area contributed by atoms with Crippen molar-refractivity contribution in [2.75, 3.05) is 38.0 Å². The maximum atomic E-state index is 13.0. The van der Waals surface area contributed by atoms with Crippen molar-refractivity contribution in [3.8, 4) is 0 Å². The van der Waals surface area contributed by atoms with Crippen LogP contribution in [0.2, 0.25) is 5.02 Å². The molecule has 1 aliphatic rings. The number of anilines is 1. The van der Waals surface area contributed by atoms with E-state index in [1.807, 2.05) is 13.0 Å². The Hall–Kier alpha value is -2.20. The van der Waals surface area contributed by atoms with Gasteiger partial charge in [0.2, 0.25) is 5.91 Å². The highest BCUT2D eigenvalue weighted by atomic mass is 35.5. The number of sulfonamides is 1. The number of aryl methyl sites for hydroxylation is 1. The second kappa shape index (κ2) is 8.50. The maximum absolute atomic E-state index is 13.0. The maximum Gasteiger partial charge on any atom is 0.253 e. The van der Waals surface area contributed by atoms with Crippen LogP contribution in [-0.4, -0.2) is 61.2 Å². The summed E-state index contributed by atoms with van der Waals surface area (Å²) in [5.41, 5.74) is 2.01. The standard InChI is InChI=1S/C20H21ClN4O3S2/c1-14-12-22-5-4-17(14)23-6-7-24-8-9-25(13-19(24)26)30(27,28)20-10-15-2-3-16(21)11-18(15)29-20/h2-5,10-12H,6-9,13H2,1H3,(H,22,23). The van der Waals surface area contributed by atoms with Crippen LogP contribution in [0.3, 0.4) is 0 Å². The third-order valence-corrected chi connectivity index (χ3v) is 8.68. The Labute approximate surface area is 184 Å². The van der Waals surface area contributed by atoms with Crippen LogP contribution in [0, 0.1) is 6.92 Å². The lowest BCUT2D eigenvalue weighted by Crippen LogP contribution is -2.52. The molecule has 2 aromatic heterocycles. The average molecular weight is 465 g/mol. The molecule has 1 aromatic carbocycles. The van der Waals surface area contributed by atoms with Crippen LogP contribution in [0.4, 0.5) is 5.69 Å². The van der Waals surface area contributed by atoms with Gasteiger partial charge in [-0.25, -0.2) is 8.42 Å². The van der Waals surface area contributed by atoms with Crippen LogP contribution in [0.15, 0.2) is 46.9 Å². The topological polar surface area (TPSA) is 82.6 Å². The van der Waals surface area contributed by atoms with Gasteiger partial charge in [0.05, 0.1) is 6.54 Å². The van der Waals surface area contributed by atoms with Gasteiger partial charge in [-0.05, 0) is 42.1 Å². The lowest BCUT2D eigenvalue weighted by Gasteiger charge is -2.33. The first kappa shape index (κ1) is 21.0. The zero-order valence-electron chi connectivity index (χ0n) is 16.3. The first-order valence-corrected chi connectivity index (χ1v) is 12.1. The highest BCUT2D eigenvalue weighted by Crippen LogP contribution is 2.33. The number of nitrogens with zero attached hydrogens (tertiary/aromatic N) is 3. The number of piperazine rings is 1. The van der Waals surface area contributed by atoms with E-state index in [1.165, 1.54) is 15.6 Å². The molecule has 3 aromatic rings. The molecule has 158 valence electrons. The van der Waals surface area contributed by atoms with Crippen LogP contribution < -0.4 is 5.32 Å². The number of hydrogen-bond acceptors (Lipinski definition) is 6. The minimum absolute atomic E-state index is 0.147. The molecule has 1 N–H and O–H groups in total. The average Bonchev–Trinajstić information content (AvgIpc) is 3.14. The Balaban J connectivity index is 1.39. The van der Waals surface area contributed by atoms with Gasteiger partial charge in [-0.15, -0.1) is 11.3 Å². The summed E-state index contributed by atoms with van der Waals surface area (Å²) in [5.74, 6) is -0.192. The summed E-state index contributed by atoms with van der Waals surface area (Å²) in [5, 5.41) is 4.68. The Bertz CT molecular complexity index is 1200. The number of nitrogens with one attached hydrogen (secondary N) is 1. The van der Waals surface area contributed by atoms with Gasteiger partial charge >= 0.3 is 0 Å². The first-order valence-electron chi connectivity index (χ1n) is 9.46. The Morgan fingerprint density at radius 3 is 2.83 bits per heavy atom. The third kappa shape index (κ3) is 4.29. The van der Waals surface area contributed by atoms with Gasteiger partial charge in [-0.1, -0.05) is 17.7 Å². The molecule has 4 rings (SSSR count). The predicted octanol–water partition coefficient (Wildman–Crippen LogP) is 3.20. The Kier molecular flexibility index (Phi) is 5.97. The molecule has 30 heavy (non-hydrogen) atoms. The molecule has 0 spiro atoms. The van der Waals surface area contributed by atoms with Crippen molar-refractivity contribution in [1.82, 2.24) is 14.2 Å². The van der Waals surface area contributed by atoms with Crippen molar-refractivity contribution in [1.29, 1.82) is 0 Å². The van der Waals surface area contributed by atoms with Crippen LogP contribution >= 0.6 is 22.9 Å². The highest BCUT2D eigenvalue weighted by Gasteiger charge is 2.33. The van der Waals surface area contributed by atoms with Crippen molar-refractivity contribution in [3.05, 3.63) is 53.3 Å². The molecule has 0 bridgehead atoms. The van der Waals surface area contributed by atoms with Gasteiger partial charge in [0.1, 0.15) is 4.21 Å². The van der Waals surface area contributed by atoms with Gasteiger partial charge in [0.15, 0.2) is 0 Å². The van der Waals surface area contributed by atoms with Crippen LogP contribution in [0.5, 0.6) is 0 Å². The fourth-order valence-corrected chi connectivity index (χ4v) is 6.57. The molecule has 1 saturated heterocycles. The van der Waals surface area contributed by atoms with E-state index in [4.69, 9.17) is 11.6 Å². The molecule has 7 nitrogen and oxygen atoms in total. The Morgan fingerprint density at radius 1 is 1.23 bits per heavy atom. The monoisotopic (exact) mass is 464 g/mol. The van der Waals surface area contributed by atoms with Crippen molar-refractivity contribution >= 4 is 54.6 Å². The molecular weight excluding hydrogens is 444 g/mol. The van der Waals surface area contributed by atoms with E-state index in [9.17, 15) is 13.2 Å². The van der Waals surface area contributed by atoms with Crippen molar-refractivity contribution in [2.45, 2.75) is 11.1 Å². The predicted molar refractivity (Wildman–Crippen MR) is 120 cm³/mol. The zero-order valence-corrected chi connectivity index (χ0v) is 18.7. The summed E-state index contributed by atoms with van der Waals surface area (Å²) in [6.45, 7) is 3.55. The molecule has 0 saturated carbocycles. The van der Waals surface area contributed by atoms with Gasteiger partial charge < -0.3 is 10.2 Å². The molecule has 3 heterocycles. The molecule has 0 radical (unpaired) electrons. The number of fused-ring (bicyclic) bond motifs is 1. The smallest absolute Gasteiger partial charge is 0.253 e. The summed E-state index contributed by atoms with van der Waals surface area (Å²) in [7, 11) is -3.72. The van der Waals surface area contributed by atoms with Gasteiger partial charge in [0, 0.05) is 54.0 Å². The SMILES string of the molecule is Cc1cnccc1NCCN1CCN(S(=O)(=O)c2cc3ccc(Cl)cc3s2)CC1=O. The van der Waals surface area contributed by atoms with Crippen LogP contribution in [-0.2, 0) is 14.8 Å². The van der Waals surface area contributed by atoms with Crippen molar-refractivity contribution < 1.29 is 13.2 Å². The molecule has 1 amide bonds. The Morgan fingerprint density at radius 2 is 2.07 bits per heavy atom. The largest absolute Gasteiger partial charge is 0.383 e. The number of rotatable bonds is 6. The van der Waals surface area contributed by atoms with E-state index >= 15 is 0 Å². The van der Waals surface area contributed by atoms with Gasteiger partial charge in [0.25, 0.3) is 10.0 Å². The number of halogens is 1. The lowest BCUT2D eigenvalue weighted by molar-refractivity contribution is -0.133. The molecule has 10 heteroatoms. The minimum Gasteiger partial charge on any atom is -0.383 e. The summed E-state index contributed by atoms with van der Waals surface area (Å²) in [6.07, 6.45) is 3.49. The van der Waals surface area contributed by atoms with E-state index in [0.717, 1.165) is 21.3 Å². The number of carbonyl (C=O) groups is 1. The number of hydrogen-bond donors (Lipinski definition) is 1. The highest BCUT2D eigenvalue weighted by molar-refractivity contribution is 7.91. The third-order valence-electron chi connectivity index (χ3n) is 5.05. The van der Waals surface area contributed by atoms with Gasteiger partial charge in [-0.3, -0.25) is 9.78 Å². The number of aromatic nitrogens is 1. The van der Waals surface area contributed by atoms with E-state index in [-0.39, 0.29) is 23.2 Å². The molecule has 1 fully saturated rings. The summed E-state index contributed by atoms with van der Waals surface area (Å²) < 4.78 is 28.4. The molecule has 0 unspecified atom stereocenters. The van der Waals surface area contributed by atoms with Crippen LogP contribution in [0.1, 0.15) is 5.56 Å². The zero-order chi connectivity index (χ0) is 21.3. The van der Waals surface area contributed by atoms with Gasteiger partial charge in [-0.2, -0.15) is 4.31 Å². The van der Waals surface area contributed by atoms with Crippen LogP contribution in [0.25, 0.3) is 10.1 Å². The van der Waals surface area contributed by atoms with E-state index < -0.39 is 10.0 Å². The minimum atomic E-state index is -3.72. The lowest BCUT2D eigenvalue weighted by atomic mass is 10.2. The van der Waals surface area contributed by atoms with E-state index in [2.05, 4.69) is 10.3 Å². The number of thiophene rings is 1. The van der Waals surface area contributed by atoms with Crippen molar-refractivity contribution in [2.24, 2.45) is 0 Å². The normalized spacial score (nSPS) is 15.7. The summed E-state index contributed by atoms with van der Waals surface area (Å²) in [4.78, 5) is 18.3. The van der Waals surface area contributed by atoms with E-state index in [0.29, 0.717) is 24.7 Å². The number of pyridine rings is 1. The molecule has 0 atom stereocenters. The fraction of sp³-hybridized carbons (Fsp3) is 0.300. The second-order valence-corrected chi connectivity index (χ2v) is 10.8. The van der Waals surface area contributed by atoms with Crippen molar-refractivity contribution in [3.63, 3.8) is 0 Å². The van der Waals surface area contributed by atoms with E-state index in [1.54, 1.807) is 41.6 Å². The summed E-state index contributed by atoms with van der Waals surface area (Å²) in [6, 6.07) is 8.81. The summed E-state index contributed by atoms with van der Waals surface area (Å²) >= 11 is 7.18. The number of carbonyl (C=O) groups excluding carboxylic acids is 1.